The minimum atomic E-state index is 0.0467. The third-order valence-corrected chi connectivity index (χ3v) is 2.94. The lowest BCUT2D eigenvalue weighted by atomic mass is 9.96. The summed E-state index contributed by atoms with van der Waals surface area (Å²) in [6, 6.07) is 13.7. The number of ketones is 1. The van der Waals surface area contributed by atoms with Crippen LogP contribution < -0.4 is 4.74 Å². The van der Waals surface area contributed by atoms with Crippen LogP contribution in [0.25, 0.3) is 11.1 Å². The molecule has 2 aromatic carbocycles. The molecule has 0 aromatic heterocycles. The molecule has 0 saturated carbocycles. The maximum absolute atomic E-state index is 11.7. The molecule has 0 bridgehead atoms. The Balaban J connectivity index is 2.60. The second-order valence-electron chi connectivity index (χ2n) is 4.34. The van der Waals surface area contributed by atoms with Gasteiger partial charge in [-0.25, -0.2) is 0 Å². The molecule has 0 radical (unpaired) electrons. The van der Waals surface area contributed by atoms with Crippen molar-refractivity contribution in [1.82, 2.24) is 0 Å². The number of hydrogen-bond acceptors (Lipinski definition) is 2. The van der Waals surface area contributed by atoms with Crippen LogP contribution in [0.3, 0.4) is 0 Å². The summed E-state index contributed by atoms with van der Waals surface area (Å²) in [4.78, 5) is 11.7. The van der Waals surface area contributed by atoms with Crippen molar-refractivity contribution in [2.45, 2.75) is 13.8 Å². The Bertz CT molecular complexity index is 585. The van der Waals surface area contributed by atoms with Gasteiger partial charge in [0.25, 0.3) is 0 Å². The van der Waals surface area contributed by atoms with Crippen LogP contribution >= 0.6 is 0 Å². The Labute approximate surface area is 107 Å². The SMILES string of the molecule is COc1ccc(-c2cccc(C)c2)c(C(C)=O)c1. The molecule has 18 heavy (non-hydrogen) atoms. The van der Waals surface area contributed by atoms with E-state index in [1.165, 1.54) is 5.56 Å². The van der Waals surface area contributed by atoms with Crippen LogP contribution in [0.2, 0.25) is 0 Å². The number of Topliss-reactive ketones (excluding diaryl/α,β-unsaturated/α-hetero) is 1. The van der Waals surface area contributed by atoms with Crippen molar-refractivity contribution in [3.05, 3.63) is 53.6 Å². The molecule has 2 aromatic rings. The highest BCUT2D eigenvalue weighted by atomic mass is 16.5. The third kappa shape index (κ3) is 2.43. The van der Waals surface area contributed by atoms with Gasteiger partial charge in [-0.05, 0) is 43.2 Å². The summed E-state index contributed by atoms with van der Waals surface area (Å²) in [5.41, 5.74) is 3.88. The topological polar surface area (TPSA) is 26.3 Å². The second kappa shape index (κ2) is 5.05. The van der Waals surface area contributed by atoms with E-state index in [2.05, 4.69) is 6.07 Å². The van der Waals surface area contributed by atoms with Crippen LogP contribution in [0.4, 0.5) is 0 Å². The molecule has 0 unspecified atom stereocenters. The van der Waals surface area contributed by atoms with Crippen LogP contribution in [0.5, 0.6) is 5.75 Å². The van der Waals surface area contributed by atoms with Gasteiger partial charge in [0, 0.05) is 5.56 Å². The molecule has 2 rings (SSSR count). The monoisotopic (exact) mass is 240 g/mol. The van der Waals surface area contributed by atoms with Crippen molar-refractivity contribution in [3.8, 4) is 16.9 Å². The first-order valence-corrected chi connectivity index (χ1v) is 5.88. The zero-order chi connectivity index (χ0) is 13.1. The van der Waals surface area contributed by atoms with Gasteiger partial charge in [-0.15, -0.1) is 0 Å². The molecule has 0 N–H and O–H groups in total. The van der Waals surface area contributed by atoms with E-state index in [0.29, 0.717) is 11.3 Å². The zero-order valence-electron chi connectivity index (χ0n) is 10.9. The Hall–Kier alpha value is -2.09. The van der Waals surface area contributed by atoms with Crippen molar-refractivity contribution < 1.29 is 9.53 Å². The predicted molar refractivity (Wildman–Crippen MR) is 73.2 cm³/mol. The molecular formula is C16H16O2. The standard InChI is InChI=1S/C16H16O2/c1-11-5-4-6-13(9-11)15-8-7-14(18-3)10-16(15)12(2)17/h4-10H,1-3H3. The van der Waals surface area contributed by atoms with E-state index in [1.54, 1.807) is 20.1 Å². The Morgan fingerprint density at radius 3 is 2.50 bits per heavy atom. The van der Waals surface area contributed by atoms with Crippen LogP contribution in [0.15, 0.2) is 42.5 Å². The Kier molecular flexibility index (Phi) is 3.47. The van der Waals surface area contributed by atoms with Crippen molar-refractivity contribution in [2.75, 3.05) is 7.11 Å². The molecule has 2 nitrogen and oxygen atoms in total. The van der Waals surface area contributed by atoms with E-state index in [9.17, 15) is 4.79 Å². The highest BCUT2D eigenvalue weighted by Crippen LogP contribution is 2.28. The highest BCUT2D eigenvalue weighted by molar-refractivity contribution is 6.01. The first-order chi connectivity index (χ1) is 8.61. The van der Waals surface area contributed by atoms with Crippen molar-refractivity contribution in [3.63, 3.8) is 0 Å². The third-order valence-electron chi connectivity index (χ3n) is 2.94. The number of carbonyl (C=O) groups excluding carboxylic acids is 1. The first kappa shape index (κ1) is 12.4. The molecular weight excluding hydrogens is 224 g/mol. The summed E-state index contributed by atoms with van der Waals surface area (Å²) in [6.45, 7) is 3.62. The van der Waals surface area contributed by atoms with Crippen LogP contribution in [0, 0.1) is 6.92 Å². The summed E-state index contributed by atoms with van der Waals surface area (Å²) < 4.78 is 5.17. The lowest BCUT2D eigenvalue weighted by Crippen LogP contribution is -1.97. The fourth-order valence-electron chi connectivity index (χ4n) is 2.01. The quantitative estimate of drug-likeness (QED) is 0.761. The number of methoxy groups -OCH3 is 1. The minimum Gasteiger partial charge on any atom is -0.497 e. The lowest BCUT2D eigenvalue weighted by molar-refractivity contribution is 0.101. The van der Waals surface area contributed by atoms with Crippen molar-refractivity contribution in [2.24, 2.45) is 0 Å². The largest absolute Gasteiger partial charge is 0.497 e. The van der Waals surface area contributed by atoms with Gasteiger partial charge in [0.15, 0.2) is 5.78 Å². The number of aryl methyl sites for hydroxylation is 1. The fourth-order valence-corrected chi connectivity index (χ4v) is 2.01. The van der Waals surface area contributed by atoms with Gasteiger partial charge in [-0.3, -0.25) is 4.79 Å². The summed E-state index contributed by atoms with van der Waals surface area (Å²) in [6.07, 6.45) is 0. The molecule has 0 amide bonds. The predicted octanol–water partition coefficient (Wildman–Crippen LogP) is 3.87. The van der Waals surface area contributed by atoms with Gasteiger partial charge in [0.1, 0.15) is 5.75 Å². The van der Waals surface area contributed by atoms with Crippen molar-refractivity contribution >= 4 is 5.78 Å². The van der Waals surface area contributed by atoms with Gasteiger partial charge in [0.2, 0.25) is 0 Å². The molecule has 0 fully saturated rings. The number of ether oxygens (including phenoxy) is 1. The van der Waals surface area contributed by atoms with Crippen LogP contribution in [-0.2, 0) is 0 Å². The van der Waals surface area contributed by atoms with Gasteiger partial charge in [0.05, 0.1) is 7.11 Å². The molecule has 0 aliphatic heterocycles. The molecule has 0 aliphatic carbocycles. The molecule has 2 heteroatoms. The maximum atomic E-state index is 11.7. The Morgan fingerprint density at radius 1 is 1.11 bits per heavy atom. The fraction of sp³-hybridized carbons (Fsp3) is 0.188. The lowest BCUT2D eigenvalue weighted by Gasteiger charge is -2.10. The average Bonchev–Trinajstić information content (AvgIpc) is 2.38. The average molecular weight is 240 g/mol. The van der Waals surface area contributed by atoms with Crippen molar-refractivity contribution in [1.29, 1.82) is 0 Å². The summed E-state index contributed by atoms with van der Waals surface area (Å²) in [7, 11) is 1.60. The molecule has 0 atom stereocenters. The van der Waals surface area contributed by atoms with Crippen LogP contribution in [-0.4, -0.2) is 12.9 Å². The molecule has 0 saturated heterocycles. The first-order valence-electron chi connectivity index (χ1n) is 5.88. The number of carbonyl (C=O) groups is 1. The second-order valence-corrected chi connectivity index (χ2v) is 4.34. The smallest absolute Gasteiger partial charge is 0.160 e. The summed E-state index contributed by atoms with van der Waals surface area (Å²) in [5.74, 6) is 0.752. The van der Waals surface area contributed by atoms with Gasteiger partial charge in [-0.2, -0.15) is 0 Å². The molecule has 92 valence electrons. The molecule has 0 spiro atoms. The highest BCUT2D eigenvalue weighted by Gasteiger charge is 2.10. The van der Waals surface area contributed by atoms with Gasteiger partial charge >= 0.3 is 0 Å². The van der Waals surface area contributed by atoms with Gasteiger partial charge in [-0.1, -0.05) is 29.8 Å². The maximum Gasteiger partial charge on any atom is 0.160 e. The zero-order valence-corrected chi connectivity index (χ0v) is 10.9. The number of benzene rings is 2. The van der Waals surface area contributed by atoms with Crippen LogP contribution in [0.1, 0.15) is 22.8 Å². The van der Waals surface area contributed by atoms with E-state index < -0.39 is 0 Å². The van der Waals surface area contributed by atoms with Gasteiger partial charge < -0.3 is 4.74 Å². The minimum absolute atomic E-state index is 0.0467. The van der Waals surface area contributed by atoms with E-state index in [0.717, 1.165) is 11.1 Å². The van der Waals surface area contributed by atoms with E-state index in [4.69, 9.17) is 4.74 Å². The number of hydrogen-bond donors (Lipinski definition) is 0. The van der Waals surface area contributed by atoms with E-state index >= 15 is 0 Å². The molecule has 0 heterocycles. The van der Waals surface area contributed by atoms with E-state index in [-0.39, 0.29) is 5.78 Å². The van der Waals surface area contributed by atoms with E-state index in [1.807, 2.05) is 37.3 Å². The Morgan fingerprint density at radius 2 is 1.89 bits per heavy atom. The molecule has 0 aliphatic rings. The summed E-state index contributed by atoms with van der Waals surface area (Å²) in [5, 5.41) is 0. The normalized spacial score (nSPS) is 10.2. The summed E-state index contributed by atoms with van der Waals surface area (Å²) >= 11 is 0. The number of rotatable bonds is 3.